The molecule has 2 saturated carbocycles. The van der Waals surface area contributed by atoms with Crippen LogP contribution in [0.3, 0.4) is 0 Å². The quantitative estimate of drug-likeness (QED) is 0.207. The number of nitrogens with zero attached hydrogens (tertiary/aromatic N) is 1. The van der Waals surface area contributed by atoms with Crippen molar-refractivity contribution in [1.29, 1.82) is 0 Å². The zero-order valence-corrected chi connectivity index (χ0v) is 24.5. The number of rotatable bonds is 8. The minimum atomic E-state index is -5.03. The summed E-state index contributed by atoms with van der Waals surface area (Å²) in [6.07, 6.45) is -1.98. The summed E-state index contributed by atoms with van der Waals surface area (Å²) < 4.78 is 103. The van der Waals surface area contributed by atoms with Crippen molar-refractivity contribution in [2.45, 2.75) is 76.4 Å². The van der Waals surface area contributed by atoms with Gasteiger partial charge < -0.3 is 19.3 Å². The second-order valence-electron chi connectivity index (χ2n) is 12.3. The number of benzene rings is 2. The third-order valence-electron chi connectivity index (χ3n) is 9.01. The maximum Gasteiger partial charge on any atom is 0.417 e. The minimum absolute atomic E-state index is 0.0205. The van der Waals surface area contributed by atoms with Crippen molar-refractivity contribution < 1.29 is 50.5 Å². The molecule has 3 aliphatic carbocycles. The predicted molar refractivity (Wildman–Crippen MR) is 149 cm³/mol. The minimum Gasteiger partial charge on any atom is -0.484 e. The van der Waals surface area contributed by atoms with Crippen LogP contribution in [0, 0.1) is 29.3 Å². The first-order valence-corrected chi connectivity index (χ1v) is 14.8. The number of hydrogen-bond acceptors (Lipinski definition) is 6. The number of pyridine rings is 1. The first-order chi connectivity index (χ1) is 21.3. The van der Waals surface area contributed by atoms with Gasteiger partial charge in [0.25, 0.3) is 0 Å². The Hall–Kier alpha value is -3.80. The highest BCUT2D eigenvalue weighted by Crippen LogP contribution is 2.62. The number of carbonyl (C=O) groups is 1. The average Bonchev–Trinajstić information content (AvgIpc) is 3.56. The highest BCUT2D eigenvalue weighted by Gasteiger charge is 2.60. The Labute approximate surface area is 255 Å². The number of alkyl halides is 3. The Kier molecular flexibility index (Phi) is 7.99. The van der Waals surface area contributed by atoms with Gasteiger partial charge in [0, 0.05) is 23.7 Å². The van der Waals surface area contributed by atoms with Crippen molar-refractivity contribution in [3.05, 3.63) is 76.2 Å². The van der Waals surface area contributed by atoms with E-state index in [0.29, 0.717) is 38.7 Å². The molecule has 2 aromatic carbocycles. The maximum absolute atomic E-state index is 15.1. The van der Waals surface area contributed by atoms with Gasteiger partial charge in [-0.3, -0.25) is 4.79 Å². The standard InChI is InChI=1S/C33H31F6NO5/c1-3-43-31(41)29-21-8-16-12-27(40-14-22(16)28(21)29)44-15-18-9-20(23(13-24(18)34)33(37,38)39)17-10-25(35)30(26(36)11-17)45-19-4-6-32(2,42)7-5-19/h9-14,19,21,28-29,42H,3-8,15H2,1-2H3/t19?,21-,28+,29-,32?/m0/s1. The zero-order valence-electron chi connectivity index (χ0n) is 24.5. The first-order valence-electron chi connectivity index (χ1n) is 14.8. The molecule has 1 aromatic heterocycles. The van der Waals surface area contributed by atoms with E-state index in [2.05, 4.69) is 4.98 Å². The van der Waals surface area contributed by atoms with Crippen LogP contribution in [0.25, 0.3) is 11.1 Å². The molecule has 45 heavy (non-hydrogen) atoms. The van der Waals surface area contributed by atoms with E-state index in [1.165, 1.54) is 0 Å². The fraction of sp³-hybridized carbons (Fsp3) is 0.455. The summed E-state index contributed by atoms with van der Waals surface area (Å²) in [6.45, 7) is 3.20. The van der Waals surface area contributed by atoms with Crippen molar-refractivity contribution in [2.75, 3.05) is 6.61 Å². The van der Waals surface area contributed by atoms with Crippen LogP contribution in [-0.2, 0) is 28.7 Å². The Morgan fingerprint density at radius 2 is 1.73 bits per heavy atom. The largest absolute Gasteiger partial charge is 0.484 e. The van der Waals surface area contributed by atoms with Gasteiger partial charge in [-0.15, -0.1) is 0 Å². The highest BCUT2D eigenvalue weighted by atomic mass is 19.4. The number of aromatic nitrogens is 1. The Balaban J connectivity index is 1.22. The maximum atomic E-state index is 15.1. The summed E-state index contributed by atoms with van der Waals surface area (Å²) in [5, 5.41) is 10.1. The van der Waals surface area contributed by atoms with Crippen LogP contribution in [0.1, 0.15) is 67.7 Å². The zero-order chi connectivity index (χ0) is 32.3. The molecule has 240 valence electrons. The van der Waals surface area contributed by atoms with Crippen LogP contribution in [0.15, 0.2) is 36.5 Å². The molecule has 1 heterocycles. The molecule has 0 aliphatic heterocycles. The van der Waals surface area contributed by atoms with E-state index in [1.807, 2.05) is 0 Å². The summed E-state index contributed by atoms with van der Waals surface area (Å²) in [5.41, 5.74) is -1.85. The average molecular weight is 636 g/mol. The molecule has 3 atom stereocenters. The van der Waals surface area contributed by atoms with E-state index in [4.69, 9.17) is 14.2 Å². The molecule has 0 bridgehead atoms. The van der Waals surface area contributed by atoms with Gasteiger partial charge in [0.05, 0.1) is 29.8 Å². The second kappa shape index (κ2) is 11.5. The van der Waals surface area contributed by atoms with Crippen LogP contribution in [0.2, 0.25) is 0 Å². The van der Waals surface area contributed by atoms with E-state index < -0.39 is 64.4 Å². The molecule has 0 saturated heterocycles. The van der Waals surface area contributed by atoms with Gasteiger partial charge in [-0.25, -0.2) is 18.2 Å². The van der Waals surface area contributed by atoms with Gasteiger partial charge in [-0.05, 0) is 98.4 Å². The van der Waals surface area contributed by atoms with Gasteiger partial charge in [-0.2, -0.15) is 13.2 Å². The number of ether oxygens (including phenoxy) is 3. The molecule has 1 N–H and O–H groups in total. The fourth-order valence-electron chi connectivity index (χ4n) is 6.59. The lowest BCUT2D eigenvalue weighted by atomic mass is 9.85. The van der Waals surface area contributed by atoms with Crippen LogP contribution in [0.5, 0.6) is 11.6 Å². The van der Waals surface area contributed by atoms with Crippen molar-refractivity contribution in [1.82, 2.24) is 4.98 Å². The van der Waals surface area contributed by atoms with Crippen molar-refractivity contribution >= 4 is 5.97 Å². The van der Waals surface area contributed by atoms with E-state index in [1.54, 1.807) is 26.1 Å². The summed E-state index contributed by atoms with van der Waals surface area (Å²) in [4.78, 5) is 16.4. The lowest BCUT2D eigenvalue weighted by Crippen LogP contribution is -2.35. The number of esters is 1. The van der Waals surface area contributed by atoms with Crippen LogP contribution in [-0.4, -0.2) is 34.4 Å². The Morgan fingerprint density at radius 3 is 2.38 bits per heavy atom. The number of halogens is 6. The molecule has 2 fully saturated rings. The van der Waals surface area contributed by atoms with Crippen molar-refractivity contribution in [3.63, 3.8) is 0 Å². The molecule has 0 amide bonds. The molecule has 12 heteroatoms. The molecule has 6 nitrogen and oxygen atoms in total. The molecule has 0 spiro atoms. The van der Waals surface area contributed by atoms with E-state index >= 15 is 8.78 Å². The third-order valence-corrected chi connectivity index (χ3v) is 9.01. The molecule has 3 aromatic rings. The topological polar surface area (TPSA) is 77.9 Å². The van der Waals surface area contributed by atoms with Gasteiger partial charge in [0.15, 0.2) is 17.4 Å². The monoisotopic (exact) mass is 635 g/mol. The summed E-state index contributed by atoms with van der Waals surface area (Å²) >= 11 is 0. The Bertz CT molecular complexity index is 1610. The SMILES string of the molecule is CCOC(=O)[C@H]1[C@H]2Cc3cc(OCc4cc(-c5cc(F)c(OC6CCC(C)(O)CC6)c(F)c5)c(C(F)(F)F)cc4F)ncc3[C@@H]21. The van der Waals surface area contributed by atoms with Gasteiger partial charge in [0.1, 0.15) is 12.4 Å². The number of fused-ring (bicyclic) bond motifs is 3. The molecular formula is C33H31F6NO5. The molecule has 3 aliphatic rings. The third kappa shape index (κ3) is 6.21. The Morgan fingerprint density at radius 1 is 1.04 bits per heavy atom. The summed E-state index contributed by atoms with van der Waals surface area (Å²) in [6, 6.07) is 4.25. The van der Waals surface area contributed by atoms with Gasteiger partial charge in [0.2, 0.25) is 5.88 Å². The van der Waals surface area contributed by atoms with Gasteiger partial charge >= 0.3 is 12.1 Å². The molecular weight excluding hydrogens is 604 g/mol. The number of carbonyl (C=O) groups excluding carboxylic acids is 1. The summed E-state index contributed by atoms with van der Waals surface area (Å²) in [5.74, 6) is -4.54. The highest BCUT2D eigenvalue weighted by molar-refractivity contribution is 5.79. The van der Waals surface area contributed by atoms with Crippen LogP contribution < -0.4 is 9.47 Å². The van der Waals surface area contributed by atoms with E-state index in [-0.39, 0.29) is 41.2 Å². The van der Waals surface area contributed by atoms with E-state index in [9.17, 15) is 27.5 Å². The number of aliphatic hydroxyl groups is 1. The lowest BCUT2D eigenvalue weighted by Gasteiger charge is -2.33. The molecule has 0 unspecified atom stereocenters. The second-order valence-corrected chi connectivity index (χ2v) is 12.3. The van der Waals surface area contributed by atoms with Crippen LogP contribution >= 0.6 is 0 Å². The van der Waals surface area contributed by atoms with Crippen molar-refractivity contribution in [3.8, 4) is 22.8 Å². The smallest absolute Gasteiger partial charge is 0.417 e. The number of hydrogen-bond donors (Lipinski definition) is 1. The normalized spacial score (nSPS) is 25.4. The molecule has 6 rings (SSSR count). The lowest BCUT2D eigenvalue weighted by molar-refractivity contribution is -0.145. The predicted octanol–water partition coefficient (Wildman–Crippen LogP) is 7.28. The first kappa shape index (κ1) is 31.2. The molecule has 0 radical (unpaired) electrons. The van der Waals surface area contributed by atoms with E-state index in [0.717, 1.165) is 29.3 Å². The van der Waals surface area contributed by atoms with Gasteiger partial charge in [-0.1, -0.05) is 0 Å². The fourth-order valence-corrected chi connectivity index (χ4v) is 6.59. The van der Waals surface area contributed by atoms with Crippen molar-refractivity contribution in [2.24, 2.45) is 11.8 Å². The van der Waals surface area contributed by atoms with Crippen LogP contribution in [0.4, 0.5) is 26.3 Å². The summed E-state index contributed by atoms with van der Waals surface area (Å²) in [7, 11) is 0.